The molecule has 8 nitrogen and oxygen atoms in total. The van der Waals surface area contributed by atoms with Gasteiger partial charge in [-0.15, -0.1) is 0 Å². The Kier molecular flexibility index (Phi) is 8.25. The third-order valence-electron chi connectivity index (χ3n) is 7.32. The van der Waals surface area contributed by atoms with Gasteiger partial charge in [0.1, 0.15) is 17.1 Å². The van der Waals surface area contributed by atoms with Crippen LogP contribution in [0.25, 0.3) is 0 Å². The molecule has 0 N–H and O–H groups in total. The van der Waals surface area contributed by atoms with Gasteiger partial charge in [-0.1, -0.05) is 36.7 Å². The van der Waals surface area contributed by atoms with Crippen molar-refractivity contribution in [3.05, 3.63) is 46.3 Å². The Morgan fingerprint density at radius 2 is 1.92 bits per heavy atom. The average Bonchev–Trinajstić information content (AvgIpc) is 3.24. The second kappa shape index (κ2) is 11.2. The number of ether oxygens (including phenoxy) is 1. The van der Waals surface area contributed by atoms with Gasteiger partial charge in [0.05, 0.1) is 12.3 Å². The van der Waals surface area contributed by atoms with E-state index in [1.165, 1.54) is 0 Å². The quantitative estimate of drug-likeness (QED) is 0.548. The summed E-state index contributed by atoms with van der Waals surface area (Å²) in [6.45, 7) is 10.4. The molecule has 9 heteroatoms. The molecule has 0 radical (unpaired) electrons. The highest BCUT2D eigenvalue weighted by atomic mass is 35.5. The third kappa shape index (κ3) is 6.03. The summed E-state index contributed by atoms with van der Waals surface area (Å²) in [6, 6.07) is 7.29. The lowest BCUT2D eigenvalue weighted by Gasteiger charge is -2.43. The summed E-state index contributed by atoms with van der Waals surface area (Å²) in [4.78, 5) is 33.2. The highest BCUT2D eigenvalue weighted by Gasteiger charge is 2.42. The van der Waals surface area contributed by atoms with Gasteiger partial charge >= 0.3 is 0 Å². The van der Waals surface area contributed by atoms with Crippen molar-refractivity contribution < 1.29 is 18.8 Å². The number of piperidine rings is 1. The number of benzene rings is 1. The van der Waals surface area contributed by atoms with Gasteiger partial charge in [-0.05, 0) is 50.9 Å². The highest BCUT2D eigenvalue weighted by molar-refractivity contribution is 6.30. The number of nitrogens with zero attached hydrogens (tertiary/aromatic N) is 4. The maximum Gasteiger partial charge on any atom is 0.259 e. The fraction of sp³-hybridized carbons (Fsp3) is 0.593. The van der Waals surface area contributed by atoms with Crippen LogP contribution in [0.15, 0.2) is 28.8 Å². The number of carbonyl (C=O) groups is 2. The Hall–Kier alpha value is -2.58. The maximum atomic E-state index is 13.7. The van der Waals surface area contributed by atoms with E-state index in [0.29, 0.717) is 53.9 Å². The summed E-state index contributed by atoms with van der Waals surface area (Å²) in [6.07, 6.45) is 1.93. The standard InChI is InChI=1S/C27H37ClN4O4/c1-19(2)25-24(20(3)36-29-25)26(34)32-10-6-9-27(17-32,18-35-22-8-5-7-21(28)15-22)16-23(33)31-13-11-30(4)12-14-31/h5,7-8,15,19H,6,9-14,16-18H2,1-4H3/t27-/m0/s1. The molecule has 2 fully saturated rings. The van der Waals surface area contributed by atoms with E-state index < -0.39 is 5.41 Å². The van der Waals surface area contributed by atoms with Crippen molar-refractivity contribution in [1.82, 2.24) is 19.9 Å². The number of aromatic nitrogens is 1. The monoisotopic (exact) mass is 516 g/mol. The number of amides is 2. The molecule has 196 valence electrons. The SMILES string of the molecule is Cc1onc(C(C)C)c1C(=O)N1CCC[C@](COc2cccc(Cl)c2)(CC(=O)N2CCN(C)CC2)C1. The molecule has 1 atom stereocenters. The summed E-state index contributed by atoms with van der Waals surface area (Å²) in [5.74, 6) is 1.30. The number of hydrogen-bond donors (Lipinski definition) is 0. The van der Waals surface area contributed by atoms with E-state index in [-0.39, 0.29) is 17.7 Å². The smallest absolute Gasteiger partial charge is 0.259 e. The number of likely N-dealkylation sites (tertiary alicyclic amines) is 1. The predicted molar refractivity (Wildman–Crippen MR) is 139 cm³/mol. The van der Waals surface area contributed by atoms with Crippen molar-refractivity contribution in [2.45, 2.75) is 46.0 Å². The fourth-order valence-electron chi connectivity index (χ4n) is 5.18. The molecule has 1 aromatic carbocycles. The van der Waals surface area contributed by atoms with Gasteiger partial charge in [-0.3, -0.25) is 9.59 Å². The van der Waals surface area contributed by atoms with Crippen molar-refractivity contribution in [3.63, 3.8) is 0 Å². The van der Waals surface area contributed by atoms with E-state index in [2.05, 4.69) is 17.1 Å². The molecule has 3 heterocycles. The summed E-state index contributed by atoms with van der Waals surface area (Å²) in [5.41, 5.74) is 0.721. The van der Waals surface area contributed by atoms with E-state index in [1.54, 1.807) is 19.1 Å². The van der Waals surface area contributed by atoms with Gasteiger partial charge in [0.15, 0.2) is 0 Å². The van der Waals surface area contributed by atoms with Gasteiger partial charge in [0.25, 0.3) is 5.91 Å². The molecule has 1 aromatic heterocycles. The van der Waals surface area contributed by atoms with Crippen LogP contribution in [0.5, 0.6) is 5.75 Å². The van der Waals surface area contributed by atoms with Gasteiger partial charge in [0, 0.05) is 56.1 Å². The first-order chi connectivity index (χ1) is 17.2. The van der Waals surface area contributed by atoms with Crippen LogP contribution in [0, 0.1) is 12.3 Å². The Balaban J connectivity index is 1.56. The van der Waals surface area contributed by atoms with Gasteiger partial charge in [0.2, 0.25) is 5.91 Å². The van der Waals surface area contributed by atoms with Crippen LogP contribution < -0.4 is 4.74 Å². The number of hydrogen-bond acceptors (Lipinski definition) is 6. The Morgan fingerprint density at radius 1 is 1.17 bits per heavy atom. The molecule has 0 aliphatic carbocycles. The summed E-state index contributed by atoms with van der Waals surface area (Å²) < 4.78 is 11.6. The molecule has 2 amide bonds. The van der Waals surface area contributed by atoms with Crippen LogP contribution in [-0.2, 0) is 4.79 Å². The molecular formula is C27H37ClN4O4. The number of halogens is 1. The summed E-state index contributed by atoms with van der Waals surface area (Å²) >= 11 is 6.16. The lowest BCUT2D eigenvalue weighted by atomic mass is 9.77. The second-order valence-corrected chi connectivity index (χ2v) is 11.0. The Labute approximate surface area is 218 Å². The van der Waals surface area contributed by atoms with Crippen molar-refractivity contribution in [1.29, 1.82) is 0 Å². The number of piperazine rings is 1. The minimum absolute atomic E-state index is 0.0703. The molecular weight excluding hydrogens is 480 g/mol. The first kappa shape index (κ1) is 26.5. The molecule has 2 aromatic rings. The zero-order valence-electron chi connectivity index (χ0n) is 21.8. The Bertz CT molecular complexity index is 1080. The minimum atomic E-state index is -0.500. The van der Waals surface area contributed by atoms with E-state index >= 15 is 0 Å². The second-order valence-electron chi connectivity index (χ2n) is 10.6. The Morgan fingerprint density at radius 3 is 2.61 bits per heavy atom. The van der Waals surface area contributed by atoms with Crippen LogP contribution in [0.2, 0.25) is 5.02 Å². The van der Waals surface area contributed by atoms with E-state index in [0.717, 1.165) is 39.0 Å². The van der Waals surface area contributed by atoms with Gasteiger partial charge in [-0.2, -0.15) is 0 Å². The van der Waals surface area contributed by atoms with Crippen molar-refractivity contribution >= 4 is 23.4 Å². The third-order valence-corrected chi connectivity index (χ3v) is 7.56. The largest absolute Gasteiger partial charge is 0.493 e. The molecule has 4 rings (SSSR count). The summed E-state index contributed by atoms with van der Waals surface area (Å²) in [7, 11) is 2.07. The van der Waals surface area contributed by atoms with E-state index in [4.69, 9.17) is 20.9 Å². The molecule has 0 spiro atoms. The minimum Gasteiger partial charge on any atom is -0.493 e. The van der Waals surface area contributed by atoms with Gasteiger partial charge < -0.3 is 24.0 Å². The first-order valence-electron chi connectivity index (χ1n) is 12.8. The normalized spacial score (nSPS) is 21.2. The number of rotatable bonds is 7. The zero-order chi connectivity index (χ0) is 25.9. The molecule has 0 saturated carbocycles. The fourth-order valence-corrected chi connectivity index (χ4v) is 5.36. The lowest BCUT2D eigenvalue weighted by Crippen LogP contribution is -2.53. The lowest BCUT2D eigenvalue weighted by molar-refractivity contribution is -0.137. The number of aryl methyl sites for hydroxylation is 1. The maximum absolute atomic E-state index is 13.7. The summed E-state index contributed by atoms with van der Waals surface area (Å²) in [5, 5.41) is 4.74. The molecule has 0 unspecified atom stereocenters. The predicted octanol–water partition coefficient (Wildman–Crippen LogP) is 4.23. The van der Waals surface area contributed by atoms with Crippen LogP contribution in [-0.4, -0.2) is 84.6 Å². The number of likely N-dealkylation sites (N-methyl/N-ethyl adjacent to an activating group) is 1. The van der Waals surface area contributed by atoms with E-state index in [1.807, 2.05) is 35.8 Å². The molecule has 2 aliphatic heterocycles. The van der Waals surface area contributed by atoms with Crippen LogP contribution in [0.4, 0.5) is 0 Å². The molecule has 36 heavy (non-hydrogen) atoms. The topological polar surface area (TPSA) is 79.1 Å². The van der Waals surface area contributed by atoms with Gasteiger partial charge in [-0.25, -0.2) is 0 Å². The molecule has 2 saturated heterocycles. The van der Waals surface area contributed by atoms with Crippen LogP contribution in [0.3, 0.4) is 0 Å². The average molecular weight is 517 g/mol. The number of carbonyl (C=O) groups excluding carboxylic acids is 2. The molecule has 2 aliphatic rings. The molecule has 0 bridgehead atoms. The van der Waals surface area contributed by atoms with Crippen molar-refractivity contribution in [2.75, 3.05) is 52.9 Å². The zero-order valence-corrected chi connectivity index (χ0v) is 22.5. The van der Waals surface area contributed by atoms with Crippen LogP contribution >= 0.6 is 11.6 Å². The van der Waals surface area contributed by atoms with E-state index in [9.17, 15) is 9.59 Å². The highest BCUT2D eigenvalue weighted by Crippen LogP contribution is 2.37. The van der Waals surface area contributed by atoms with Crippen molar-refractivity contribution in [3.8, 4) is 5.75 Å². The van der Waals surface area contributed by atoms with Crippen LogP contribution in [0.1, 0.15) is 60.8 Å². The van der Waals surface area contributed by atoms with Crippen molar-refractivity contribution in [2.24, 2.45) is 5.41 Å². The first-order valence-corrected chi connectivity index (χ1v) is 13.2.